The first-order valence-electron chi connectivity index (χ1n) is 6.39. The second-order valence-corrected chi connectivity index (χ2v) is 4.81. The van der Waals surface area contributed by atoms with Gasteiger partial charge in [-0.05, 0) is 25.3 Å². The van der Waals surface area contributed by atoms with Gasteiger partial charge in [-0.15, -0.1) is 0 Å². The van der Waals surface area contributed by atoms with E-state index in [1.165, 1.54) is 12.3 Å². The van der Waals surface area contributed by atoms with E-state index in [2.05, 4.69) is 4.98 Å². The number of nitrogens with zero attached hydrogens (tertiary/aromatic N) is 2. The Hall–Kier alpha value is -1.82. The molecule has 6 heteroatoms. The van der Waals surface area contributed by atoms with Crippen LogP contribution in [-0.2, 0) is 4.74 Å². The lowest BCUT2D eigenvalue weighted by Crippen LogP contribution is -2.34. The lowest BCUT2D eigenvalue weighted by molar-refractivity contribution is 0.0215. The summed E-state index contributed by atoms with van der Waals surface area (Å²) >= 11 is 0. The van der Waals surface area contributed by atoms with Gasteiger partial charge in [0.15, 0.2) is 0 Å². The normalized spacial score (nSPS) is 19.1. The lowest BCUT2D eigenvalue weighted by atomic mass is 10.1. The molecular formula is C13H19N3O3. The van der Waals surface area contributed by atoms with Crippen LogP contribution in [0.5, 0.6) is 0 Å². The van der Waals surface area contributed by atoms with Crippen LogP contribution in [0.25, 0.3) is 0 Å². The summed E-state index contributed by atoms with van der Waals surface area (Å²) in [6.07, 6.45) is 4.86. The number of nitrogen functional groups attached to an aromatic ring is 1. The molecule has 1 atom stereocenters. The first-order valence-corrected chi connectivity index (χ1v) is 6.39. The molecule has 0 spiro atoms. The van der Waals surface area contributed by atoms with Gasteiger partial charge < -0.3 is 20.5 Å². The van der Waals surface area contributed by atoms with Gasteiger partial charge in [0.2, 0.25) is 0 Å². The van der Waals surface area contributed by atoms with Crippen LogP contribution in [0.3, 0.4) is 0 Å². The van der Waals surface area contributed by atoms with Crippen molar-refractivity contribution in [3.05, 3.63) is 17.8 Å². The Balaban J connectivity index is 2.13. The van der Waals surface area contributed by atoms with Crippen molar-refractivity contribution < 1.29 is 14.6 Å². The van der Waals surface area contributed by atoms with Gasteiger partial charge in [-0.1, -0.05) is 0 Å². The molecule has 1 unspecified atom stereocenters. The summed E-state index contributed by atoms with van der Waals surface area (Å²) in [5, 5.41) is 9.19. The second-order valence-electron chi connectivity index (χ2n) is 4.81. The molecule has 0 radical (unpaired) electrons. The van der Waals surface area contributed by atoms with Crippen molar-refractivity contribution in [2.24, 2.45) is 0 Å². The fourth-order valence-electron chi connectivity index (χ4n) is 2.28. The minimum Gasteiger partial charge on any atom is -0.478 e. The molecule has 2 rings (SSSR count). The molecule has 0 aliphatic carbocycles. The molecule has 3 N–H and O–H groups in total. The highest BCUT2D eigenvalue weighted by Gasteiger charge is 2.20. The smallest absolute Gasteiger partial charge is 0.339 e. The van der Waals surface area contributed by atoms with E-state index < -0.39 is 5.97 Å². The topological polar surface area (TPSA) is 88.7 Å². The highest BCUT2D eigenvalue weighted by atomic mass is 16.5. The average molecular weight is 265 g/mol. The maximum atomic E-state index is 11.2. The largest absolute Gasteiger partial charge is 0.478 e. The van der Waals surface area contributed by atoms with Gasteiger partial charge in [-0.2, -0.15) is 0 Å². The summed E-state index contributed by atoms with van der Waals surface area (Å²) in [4.78, 5) is 17.2. The van der Waals surface area contributed by atoms with Crippen LogP contribution in [0, 0.1) is 0 Å². The van der Waals surface area contributed by atoms with E-state index in [0.717, 1.165) is 25.9 Å². The summed E-state index contributed by atoms with van der Waals surface area (Å²) in [5.41, 5.74) is 6.05. The van der Waals surface area contributed by atoms with E-state index in [1.54, 1.807) is 0 Å². The minimum absolute atomic E-state index is 0.123. The van der Waals surface area contributed by atoms with E-state index >= 15 is 0 Å². The Labute approximate surface area is 112 Å². The van der Waals surface area contributed by atoms with E-state index in [4.69, 9.17) is 10.5 Å². The minimum atomic E-state index is -1.02. The van der Waals surface area contributed by atoms with Gasteiger partial charge in [0, 0.05) is 20.2 Å². The monoisotopic (exact) mass is 265 g/mol. The van der Waals surface area contributed by atoms with Gasteiger partial charge >= 0.3 is 5.97 Å². The molecule has 1 saturated heterocycles. The first kappa shape index (κ1) is 13.6. The quantitative estimate of drug-likeness (QED) is 0.854. The third-order valence-corrected chi connectivity index (χ3v) is 3.23. The van der Waals surface area contributed by atoms with Crippen molar-refractivity contribution in [3.63, 3.8) is 0 Å². The molecule has 1 aromatic rings. The van der Waals surface area contributed by atoms with Crippen LogP contribution in [0.15, 0.2) is 12.3 Å². The Morgan fingerprint density at radius 2 is 2.42 bits per heavy atom. The SMILES string of the molecule is CN(CC1CCCCO1)c1ncc(N)cc1C(=O)O. The standard InChI is InChI=1S/C13H19N3O3/c1-16(8-10-4-2-3-5-19-10)12-11(13(17)18)6-9(14)7-15-12/h6-7,10H,2-5,8,14H2,1H3,(H,17,18). The van der Waals surface area contributed by atoms with E-state index in [9.17, 15) is 9.90 Å². The number of pyridine rings is 1. The van der Waals surface area contributed by atoms with Crippen molar-refractivity contribution in [1.29, 1.82) is 0 Å². The van der Waals surface area contributed by atoms with Crippen molar-refractivity contribution in [2.75, 3.05) is 30.8 Å². The number of aromatic nitrogens is 1. The Morgan fingerprint density at radius 1 is 1.63 bits per heavy atom. The maximum absolute atomic E-state index is 11.2. The van der Waals surface area contributed by atoms with Crippen LogP contribution in [0.2, 0.25) is 0 Å². The molecule has 1 aliphatic heterocycles. The summed E-state index contributed by atoms with van der Waals surface area (Å²) in [6, 6.07) is 1.43. The highest BCUT2D eigenvalue weighted by molar-refractivity contribution is 5.94. The third-order valence-electron chi connectivity index (χ3n) is 3.23. The molecule has 2 heterocycles. The maximum Gasteiger partial charge on any atom is 0.339 e. The summed E-state index contributed by atoms with van der Waals surface area (Å²) in [7, 11) is 1.82. The zero-order valence-corrected chi connectivity index (χ0v) is 11.0. The number of ether oxygens (including phenoxy) is 1. The number of rotatable bonds is 4. The molecule has 6 nitrogen and oxygen atoms in total. The molecule has 1 aromatic heterocycles. The first-order chi connectivity index (χ1) is 9.08. The van der Waals surface area contributed by atoms with Crippen LogP contribution in [-0.4, -0.2) is 42.4 Å². The molecule has 1 aliphatic rings. The van der Waals surface area contributed by atoms with E-state index in [0.29, 0.717) is 18.1 Å². The Bertz CT molecular complexity index is 458. The predicted molar refractivity (Wildman–Crippen MR) is 72.5 cm³/mol. The number of nitrogens with two attached hydrogens (primary N) is 1. The van der Waals surface area contributed by atoms with Crippen molar-refractivity contribution in [1.82, 2.24) is 4.98 Å². The van der Waals surface area contributed by atoms with Crippen molar-refractivity contribution in [3.8, 4) is 0 Å². The van der Waals surface area contributed by atoms with Crippen LogP contribution in [0.1, 0.15) is 29.6 Å². The van der Waals surface area contributed by atoms with Gasteiger partial charge in [-0.3, -0.25) is 0 Å². The summed E-state index contributed by atoms with van der Waals surface area (Å²) in [6.45, 7) is 1.41. The Kier molecular flexibility index (Phi) is 4.21. The zero-order valence-electron chi connectivity index (χ0n) is 11.0. The van der Waals surface area contributed by atoms with Crippen LogP contribution >= 0.6 is 0 Å². The number of anilines is 2. The number of likely N-dealkylation sites (N-methyl/N-ethyl adjacent to an activating group) is 1. The number of hydrogen-bond donors (Lipinski definition) is 2. The van der Waals surface area contributed by atoms with Crippen molar-refractivity contribution >= 4 is 17.5 Å². The Morgan fingerprint density at radius 3 is 3.05 bits per heavy atom. The lowest BCUT2D eigenvalue weighted by Gasteiger charge is -2.28. The molecular weight excluding hydrogens is 246 g/mol. The molecule has 19 heavy (non-hydrogen) atoms. The van der Waals surface area contributed by atoms with Crippen molar-refractivity contribution in [2.45, 2.75) is 25.4 Å². The number of carboxylic acid groups (broad SMARTS) is 1. The van der Waals surface area contributed by atoms with E-state index in [-0.39, 0.29) is 11.7 Å². The molecule has 0 bridgehead atoms. The highest BCUT2D eigenvalue weighted by Crippen LogP contribution is 2.21. The zero-order chi connectivity index (χ0) is 13.8. The summed E-state index contributed by atoms with van der Waals surface area (Å²) in [5.74, 6) is -0.595. The molecule has 0 aromatic carbocycles. The van der Waals surface area contributed by atoms with Crippen LogP contribution in [0.4, 0.5) is 11.5 Å². The fraction of sp³-hybridized carbons (Fsp3) is 0.538. The van der Waals surface area contributed by atoms with Gasteiger partial charge in [-0.25, -0.2) is 9.78 Å². The predicted octanol–water partition coefficient (Wildman–Crippen LogP) is 1.37. The number of aromatic carboxylic acids is 1. The number of carbonyl (C=O) groups is 1. The average Bonchev–Trinajstić information content (AvgIpc) is 2.39. The molecule has 104 valence electrons. The fourth-order valence-corrected chi connectivity index (χ4v) is 2.28. The van der Waals surface area contributed by atoms with Crippen LogP contribution < -0.4 is 10.6 Å². The molecule has 1 fully saturated rings. The van der Waals surface area contributed by atoms with Gasteiger partial charge in [0.25, 0.3) is 0 Å². The molecule has 0 saturated carbocycles. The molecule has 0 amide bonds. The van der Waals surface area contributed by atoms with E-state index in [1.807, 2.05) is 11.9 Å². The number of carboxylic acids is 1. The third kappa shape index (κ3) is 3.35. The van der Waals surface area contributed by atoms with Gasteiger partial charge in [0.1, 0.15) is 11.4 Å². The number of hydrogen-bond acceptors (Lipinski definition) is 5. The van der Waals surface area contributed by atoms with Gasteiger partial charge in [0.05, 0.1) is 18.0 Å². The summed E-state index contributed by atoms with van der Waals surface area (Å²) < 4.78 is 5.65. The second kappa shape index (κ2) is 5.88.